The number of nitrogens with one attached hydrogen (secondary N) is 3. The highest BCUT2D eigenvalue weighted by atomic mass is 16.2. The van der Waals surface area contributed by atoms with Crippen LogP contribution in [0.4, 0.5) is 4.79 Å². The molecule has 0 aromatic carbocycles. The number of hydrogen-bond donors (Lipinski definition) is 4. The first-order valence-corrected chi connectivity index (χ1v) is 4.06. The molecule has 0 aliphatic rings. The predicted molar refractivity (Wildman–Crippen MR) is 49.1 cm³/mol. The minimum Gasteiger partial charge on any atom is -0.358 e. The van der Waals surface area contributed by atoms with Gasteiger partial charge in [-0.15, -0.1) is 0 Å². The van der Waals surface area contributed by atoms with Crippen LogP contribution in [0.1, 0.15) is 6.92 Å². The maximum Gasteiger partial charge on any atom is 0.312 e. The third kappa shape index (κ3) is 5.92. The Labute approximate surface area is 77.2 Å². The number of carbonyl (C=O) groups excluding carboxylic acids is 2. The van der Waals surface area contributed by atoms with Crippen LogP contribution in [0, 0.1) is 0 Å². The van der Waals surface area contributed by atoms with Crippen LogP contribution in [0.2, 0.25) is 0 Å². The van der Waals surface area contributed by atoms with Gasteiger partial charge >= 0.3 is 6.03 Å². The molecular weight excluding hydrogens is 172 g/mol. The molecule has 0 fully saturated rings. The Bertz CT molecular complexity index is 183. The zero-order valence-corrected chi connectivity index (χ0v) is 7.89. The second-order valence-electron chi connectivity index (χ2n) is 2.58. The number of rotatable bonds is 5. The topological polar surface area (TPSA) is 96.2 Å². The number of nitrogens with two attached hydrogens (primary N) is 1. The van der Waals surface area contributed by atoms with Gasteiger partial charge < -0.3 is 21.7 Å². The first-order chi connectivity index (χ1) is 6.07. The lowest BCUT2D eigenvalue weighted by molar-refractivity contribution is -0.122. The van der Waals surface area contributed by atoms with Gasteiger partial charge in [-0.25, -0.2) is 4.79 Å². The average Bonchev–Trinajstić information content (AvgIpc) is 2.10. The smallest absolute Gasteiger partial charge is 0.312 e. The number of primary amides is 1. The van der Waals surface area contributed by atoms with E-state index in [1.165, 1.54) is 0 Å². The SMILES string of the molecule is CNC(=O)C(C)NCCNC(N)=O. The first kappa shape index (κ1) is 11.7. The summed E-state index contributed by atoms with van der Waals surface area (Å²) in [5.74, 6) is -0.0842. The molecule has 0 saturated carbocycles. The molecule has 0 heterocycles. The minimum atomic E-state index is -0.561. The van der Waals surface area contributed by atoms with E-state index in [0.29, 0.717) is 13.1 Å². The van der Waals surface area contributed by atoms with E-state index in [1.807, 2.05) is 0 Å². The second kappa shape index (κ2) is 6.24. The van der Waals surface area contributed by atoms with Crippen LogP contribution in [0.3, 0.4) is 0 Å². The van der Waals surface area contributed by atoms with Crippen molar-refractivity contribution in [2.24, 2.45) is 5.73 Å². The normalized spacial score (nSPS) is 11.8. The average molecular weight is 188 g/mol. The van der Waals surface area contributed by atoms with Crippen molar-refractivity contribution in [3.63, 3.8) is 0 Å². The summed E-state index contributed by atoms with van der Waals surface area (Å²) in [4.78, 5) is 21.2. The lowest BCUT2D eigenvalue weighted by atomic mass is 10.3. The third-order valence-electron chi connectivity index (χ3n) is 1.51. The fourth-order valence-electron chi connectivity index (χ4n) is 0.784. The molecule has 13 heavy (non-hydrogen) atoms. The molecule has 0 radical (unpaired) electrons. The van der Waals surface area contributed by atoms with Crippen LogP contribution in [0.5, 0.6) is 0 Å². The largest absolute Gasteiger partial charge is 0.358 e. The molecule has 1 unspecified atom stereocenters. The van der Waals surface area contributed by atoms with Gasteiger partial charge in [0.25, 0.3) is 0 Å². The summed E-state index contributed by atoms with van der Waals surface area (Å²) in [5, 5.41) is 7.81. The molecule has 76 valence electrons. The highest BCUT2D eigenvalue weighted by molar-refractivity contribution is 5.80. The molecule has 0 aliphatic heterocycles. The maximum absolute atomic E-state index is 11.0. The van der Waals surface area contributed by atoms with E-state index >= 15 is 0 Å². The molecule has 6 heteroatoms. The number of likely N-dealkylation sites (N-methyl/N-ethyl adjacent to an activating group) is 1. The van der Waals surface area contributed by atoms with Crippen LogP contribution < -0.4 is 21.7 Å². The number of urea groups is 1. The molecule has 3 amide bonds. The van der Waals surface area contributed by atoms with Crippen molar-refractivity contribution in [3.05, 3.63) is 0 Å². The van der Waals surface area contributed by atoms with Crippen molar-refractivity contribution in [2.45, 2.75) is 13.0 Å². The van der Waals surface area contributed by atoms with E-state index in [1.54, 1.807) is 14.0 Å². The van der Waals surface area contributed by atoms with Crippen molar-refractivity contribution in [2.75, 3.05) is 20.1 Å². The van der Waals surface area contributed by atoms with E-state index < -0.39 is 6.03 Å². The minimum absolute atomic E-state index is 0.0842. The van der Waals surface area contributed by atoms with Crippen molar-refractivity contribution >= 4 is 11.9 Å². The molecular formula is C7H16N4O2. The zero-order valence-electron chi connectivity index (χ0n) is 7.89. The summed E-state index contributed by atoms with van der Waals surface area (Å²) in [6.45, 7) is 2.66. The predicted octanol–water partition coefficient (Wildman–Crippen LogP) is -1.62. The van der Waals surface area contributed by atoms with E-state index in [9.17, 15) is 9.59 Å². The Morgan fingerprint density at radius 3 is 2.46 bits per heavy atom. The van der Waals surface area contributed by atoms with Gasteiger partial charge in [0.05, 0.1) is 6.04 Å². The second-order valence-corrected chi connectivity index (χ2v) is 2.58. The monoisotopic (exact) mass is 188 g/mol. The Morgan fingerprint density at radius 2 is 2.00 bits per heavy atom. The van der Waals surface area contributed by atoms with Crippen LogP contribution >= 0.6 is 0 Å². The van der Waals surface area contributed by atoms with E-state index in [-0.39, 0.29) is 11.9 Å². The van der Waals surface area contributed by atoms with Crippen molar-refractivity contribution in [3.8, 4) is 0 Å². The van der Waals surface area contributed by atoms with Crippen LogP contribution in [-0.4, -0.2) is 38.1 Å². The fourth-order valence-corrected chi connectivity index (χ4v) is 0.784. The lowest BCUT2D eigenvalue weighted by Gasteiger charge is -2.11. The van der Waals surface area contributed by atoms with E-state index in [2.05, 4.69) is 16.0 Å². The molecule has 0 rings (SSSR count). The standard InChI is InChI=1S/C7H16N4O2/c1-5(6(12)9-2)10-3-4-11-7(8)13/h5,10H,3-4H2,1-2H3,(H,9,12)(H3,8,11,13). The zero-order chi connectivity index (χ0) is 10.3. The van der Waals surface area contributed by atoms with Crippen molar-refractivity contribution < 1.29 is 9.59 Å². The van der Waals surface area contributed by atoms with Gasteiger partial charge in [-0.1, -0.05) is 0 Å². The van der Waals surface area contributed by atoms with Crippen LogP contribution in [0.25, 0.3) is 0 Å². The first-order valence-electron chi connectivity index (χ1n) is 4.06. The number of hydrogen-bond acceptors (Lipinski definition) is 3. The van der Waals surface area contributed by atoms with Gasteiger partial charge in [0.1, 0.15) is 0 Å². The van der Waals surface area contributed by atoms with Crippen LogP contribution in [-0.2, 0) is 4.79 Å². The van der Waals surface area contributed by atoms with Crippen molar-refractivity contribution in [1.29, 1.82) is 0 Å². The Kier molecular flexibility index (Phi) is 5.62. The summed E-state index contributed by atoms with van der Waals surface area (Å²) < 4.78 is 0. The fraction of sp³-hybridized carbons (Fsp3) is 0.714. The summed E-state index contributed by atoms with van der Waals surface area (Å²) >= 11 is 0. The molecule has 0 saturated heterocycles. The maximum atomic E-state index is 11.0. The van der Waals surface area contributed by atoms with Gasteiger partial charge in [0.2, 0.25) is 5.91 Å². The van der Waals surface area contributed by atoms with Crippen LogP contribution in [0.15, 0.2) is 0 Å². The van der Waals surface area contributed by atoms with Gasteiger partial charge in [-0.3, -0.25) is 4.79 Å². The quantitative estimate of drug-likeness (QED) is 0.390. The molecule has 5 N–H and O–H groups in total. The van der Waals surface area contributed by atoms with E-state index in [0.717, 1.165) is 0 Å². The van der Waals surface area contributed by atoms with Crippen molar-refractivity contribution in [1.82, 2.24) is 16.0 Å². The summed E-state index contributed by atoms with van der Waals surface area (Å²) in [5.41, 5.74) is 4.84. The third-order valence-corrected chi connectivity index (χ3v) is 1.51. The van der Waals surface area contributed by atoms with Gasteiger partial charge in [-0.2, -0.15) is 0 Å². The number of amides is 3. The molecule has 6 nitrogen and oxygen atoms in total. The van der Waals surface area contributed by atoms with Gasteiger partial charge in [0, 0.05) is 20.1 Å². The molecule has 0 aromatic rings. The Morgan fingerprint density at radius 1 is 1.38 bits per heavy atom. The highest BCUT2D eigenvalue weighted by Crippen LogP contribution is 1.78. The Balaban J connectivity index is 3.42. The van der Waals surface area contributed by atoms with E-state index in [4.69, 9.17) is 5.73 Å². The Hall–Kier alpha value is -1.30. The molecule has 0 aliphatic carbocycles. The van der Waals surface area contributed by atoms with Gasteiger partial charge in [-0.05, 0) is 6.92 Å². The summed E-state index contributed by atoms with van der Waals surface area (Å²) in [6.07, 6.45) is 0. The van der Waals surface area contributed by atoms with Gasteiger partial charge in [0.15, 0.2) is 0 Å². The highest BCUT2D eigenvalue weighted by Gasteiger charge is 2.08. The molecule has 0 spiro atoms. The number of carbonyl (C=O) groups is 2. The molecule has 0 bridgehead atoms. The molecule has 0 aromatic heterocycles. The lowest BCUT2D eigenvalue weighted by Crippen LogP contribution is -2.44. The summed E-state index contributed by atoms with van der Waals surface area (Å²) in [6, 6.07) is -0.825. The molecule has 1 atom stereocenters. The summed E-state index contributed by atoms with van der Waals surface area (Å²) in [7, 11) is 1.57.